The van der Waals surface area contributed by atoms with E-state index in [2.05, 4.69) is 30.4 Å². The normalized spacial score (nSPS) is 13.3. The Morgan fingerprint density at radius 1 is 1.55 bits per heavy atom. The molecule has 0 aliphatic carbocycles. The molecule has 0 atom stereocenters. The molecule has 0 bridgehead atoms. The zero-order valence-corrected chi connectivity index (χ0v) is 7.64. The minimum Gasteiger partial charge on any atom is -0.331 e. The SMILES string of the molecule is C=c1[nH]c(=S)[nH]/c1=C(\C)CC. The quantitative estimate of drug-likeness (QED) is 0.604. The number of hydrogen-bond donors (Lipinski definition) is 2. The third kappa shape index (κ3) is 1.60. The molecule has 1 heterocycles. The van der Waals surface area contributed by atoms with Crippen LogP contribution in [0.4, 0.5) is 0 Å². The summed E-state index contributed by atoms with van der Waals surface area (Å²) in [6, 6.07) is 0. The fourth-order valence-electron chi connectivity index (χ4n) is 0.961. The molecule has 60 valence electrons. The molecule has 11 heavy (non-hydrogen) atoms. The third-order valence-corrected chi connectivity index (χ3v) is 1.97. The van der Waals surface area contributed by atoms with Crippen molar-refractivity contribution >= 4 is 24.4 Å². The summed E-state index contributed by atoms with van der Waals surface area (Å²) in [6.07, 6.45) is 1.02. The topological polar surface area (TPSA) is 31.6 Å². The van der Waals surface area contributed by atoms with Gasteiger partial charge in [0.05, 0.1) is 10.7 Å². The van der Waals surface area contributed by atoms with Crippen LogP contribution < -0.4 is 10.7 Å². The molecular weight excluding hydrogens is 156 g/mol. The van der Waals surface area contributed by atoms with Crippen LogP contribution >= 0.6 is 12.2 Å². The minimum absolute atomic E-state index is 0.651. The predicted octanol–water partition coefficient (Wildman–Crippen LogP) is 1.06. The van der Waals surface area contributed by atoms with Crippen LogP contribution in [-0.2, 0) is 0 Å². The molecule has 2 N–H and O–H groups in total. The highest BCUT2D eigenvalue weighted by atomic mass is 32.1. The van der Waals surface area contributed by atoms with Crippen LogP contribution in [0.1, 0.15) is 20.3 Å². The van der Waals surface area contributed by atoms with Crippen LogP contribution in [0.25, 0.3) is 12.2 Å². The van der Waals surface area contributed by atoms with Crippen molar-refractivity contribution in [3.8, 4) is 0 Å². The van der Waals surface area contributed by atoms with Gasteiger partial charge in [-0.3, -0.25) is 0 Å². The fraction of sp³-hybridized carbons (Fsp3) is 0.375. The van der Waals surface area contributed by atoms with Crippen molar-refractivity contribution in [1.82, 2.24) is 9.97 Å². The molecule has 0 aromatic carbocycles. The summed E-state index contributed by atoms with van der Waals surface area (Å²) in [7, 11) is 0. The van der Waals surface area contributed by atoms with Crippen molar-refractivity contribution in [3.05, 3.63) is 15.5 Å². The Morgan fingerprint density at radius 3 is 2.55 bits per heavy atom. The van der Waals surface area contributed by atoms with Gasteiger partial charge in [0.2, 0.25) is 0 Å². The third-order valence-electron chi connectivity index (χ3n) is 1.76. The minimum atomic E-state index is 0.651. The molecule has 3 heteroatoms. The van der Waals surface area contributed by atoms with E-state index >= 15 is 0 Å². The van der Waals surface area contributed by atoms with Gasteiger partial charge in [-0.25, -0.2) is 0 Å². The molecule has 0 radical (unpaired) electrons. The number of H-pyrrole nitrogens is 2. The van der Waals surface area contributed by atoms with Crippen molar-refractivity contribution in [2.24, 2.45) is 0 Å². The second kappa shape index (κ2) is 3.05. The van der Waals surface area contributed by atoms with Gasteiger partial charge in [0.25, 0.3) is 0 Å². The second-order valence-electron chi connectivity index (χ2n) is 2.57. The summed E-state index contributed by atoms with van der Waals surface area (Å²) >= 11 is 4.92. The molecule has 1 aromatic heterocycles. The number of imidazole rings is 1. The van der Waals surface area contributed by atoms with Gasteiger partial charge in [-0.05, 0) is 31.1 Å². The van der Waals surface area contributed by atoms with Gasteiger partial charge in [0.15, 0.2) is 4.77 Å². The number of aromatic amines is 2. The summed E-state index contributed by atoms with van der Waals surface area (Å²) < 4.78 is 0.651. The van der Waals surface area contributed by atoms with E-state index in [9.17, 15) is 0 Å². The molecule has 0 unspecified atom stereocenters. The van der Waals surface area contributed by atoms with Crippen LogP contribution in [0, 0.1) is 4.77 Å². The van der Waals surface area contributed by atoms with E-state index in [0.717, 1.165) is 17.1 Å². The van der Waals surface area contributed by atoms with E-state index in [1.807, 2.05) is 0 Å². The highest BCUT2D eigenvalue weighted by molar-refractivity contribution is 7.71. The number of aromatic nitrogens is 2. The first-order valence-corrected chi connectivity index (χ1v) is 4.03. The molecular formula is C8H12N2S. The molecule has 2 nitrogen and oxygen atoms in total. The summed E-state index contributed by atoms with van der Waals surface area (Å²) in [5, 5.41) is 1.94. The maximum Gasteiger partial charge on any atom is 0.175 e. The molecule has 0 spiro atoms. The van der Waals surface area contributed by atoms with Crippen LogP contribution in [0.2, 0.25) is 0 Å². The van der Waals surface area contributed by atoms with Crippen molar-refractivity contribution in [3.63, 3.8) is 0 Å². The van der Waals surface area contributed by atoms with E-state index < -0.39 is 0 Å². The fourth-order valence-corrected chi connectivity index (χ4v) is 1.19. The highest BCUT2D eigenvalue weighted by Gasteiger charge is 1.90. The summed E-state index contributed by atoms with van der Waals surface area (Å²) in [4.78, 5) is 6.00. The van der Waals surface area contributed by atoms with Crippen molar-refractivity contribution in [2.45, 2.75) is 20.3 Å². The number of rotatable bonds is 1. The van der Waals surface area contributed by atoms with Crippen molar-refractivity contribution in [2.75, 3.05) is 0 Å². The van der Waals surface area contributed by atoms with Crippen LogP contribution in [-0.4, -0.2) is 9.97 Å². The Kier molecular flexibility index (Phi) is 2.29. The Hall–Kier alpha value is -0.830. The molecule has 0 saturated heterocycles. The molecule has 1 aromatic rings. The number of nitrogens with one attached hydrogen (secondary N) is 2. The zero-order valence-electron chi connectivity index (χ0n) is 6.82. The van der Waals surface area contributed by atoms with Gasteiger partial charge in [0, 0.05) is 0 Å². The smallest absolute Gasteiger partial charge is 0.175 e. The van der Waals surface area contributed by atoms with Gasteiger partial charge < -0.3 is 9.97 Å². The standard InChI is InChI=1S/C8H12N2S/c1-4-5(2)7-6(3)9-8(11)10-7/h3-4H2,1-2H3,(H2,9,10,11)/b7-5+. The largest absolute Gasteiger partial charge is 0.331 e. The molecule has 0 aliphatic rings. The molecule has 0 amide bonds. The lowest BCUT2D eigenvalue weighted by molar-refractivity contribution is 1.16. The first kappa shape index (κ1) is 8.27. The maximum absolute atomic E-state index is 4.92. The van der Waals surface area contributed by atoms with Crippen LogP contribution in [0.5, 0.6) is 0 Å². The van der Waals surface area contributed by atoms with Gasteiger partial charge in [-0.2, -0.15) is 0 Å². The van der Waals surface area contributed by atoms with Crippen molar-refractivity contribution in [1.29, 1.82) is 0 Å². The average molecular weight is 168 g/mol. The van der Waals surface area contributed by atoms with Gasteiger partial charge in [-0.1, -0.05) is 13.5 Å². The number of hydrogen-bond acceptors (Lipinski definition) is 1. The monoisotopic (exact) mass is 168 g/mol. The zero-order chi connectivity index (χ0) is 8.43. The van der Waals surface area contributed by atoms with Crippen LogP contribution in [0.3, 0.4) is 0 Å². The highest BCUT2D eigenvalue weighted by Crippen LogP contribution is 1.92. The van der Waals surface area contributed by atoms with E-state index in [4.69, 9.17) is 12.2 Å². The van der Waals surface area contributed by atoms with E-state index in [0.29, 0.717) is 4.77 Å². The van der Waals surface area contributed by atoms with E-state index in [1.165, 1.54) is 5.57 Å². The van der Waals surface area contributed by atoms with Crippen molar-refractivity contribution < 1.29 is 0 Å². The Balaban J connectivity index is 3.58. The van der Waals surface area contributed by atoms with Gasteiger partial charge in [0.1, 0.15) is 0 Å². The van der Waals surface area contributed by atoms with Gasteiger partial charge >= 0.3 is 0 Å². The average Bonchev–Trinajstić information content (AvgIpc) is 2.28. The Bertz CT molecular complexity index is 396. The van der Waals surface area contributed by atoms with E-state index in [-0.39, 0.29) is 0 Å². The predicted molar refractivity (Wildman–Crippen MR) is 50.1 cm³/mol. The van der Waals surface area contributed by atoms with Crippen LogP contribution in [0.15, 0.2) is 0 Å². The lowest BCUT2D eigenvalue weighted by Gasteiger charge is -1.88. The summed E-state index contributed by atoms with van der Waals surface area (Å²) in [5.74, 6) is 0. The Labute approximate surface area is 70.7 Å². The lowest BCUT2D eigenvalue weighted by Crippen LogP contribution is -2.24. The molecule has 1 rings (SSSR count). The van der Waals surface area contributed by atoms with E-state index in [1.54, 1.807) is 0 Å². The molecule has 0 aliphatic heterocycles. The summed E-state index contributed by atoms with van der Waals surface area (Å²) in [6.45, 7) is 8.02. The van der Waals surface area contributed by atoms with Gasteiger partial charge in [-0.15, -0.1) is 0 Å². The first-order chi connectivity index (χ1) is 5.15. The first-order valence-electron chi connectivity index (χ1n) is 3.62. The lowest BCUT2D eigenvalue weighted by atomic mass is 10.2. The maximum atomic E-state index is 4.92. The summed E-state index contributed by atoms with van der Waals surface area (Å²) in [5.41, 5.74) is 1.28. The molecule has 0 saturated carbocycles. The second-order valence-corrected chi connectivity index (χ2v) is 2.97. The molecule has 0 fully saturated rings. The Morgan fingerprint density at radius 2 is 2.18 bits per heavy atom.